The van der Waals surface area contributed by atoms with Gasteiger partial charge in [-0.25, -0.2) is 0 Å². The minimum Gasteiger partial charge on any atom is -0.335 e. The van der Waals surface area contributed by atoms with Crippen LogP contribution in [0.5, 0.6) is 0 Å². The van der Waals surface area contributed by atoms with Gasteiger partial charge in [0.2, 0.25) is 5.91 Å². The second-order valence-electron chi connectivity index (χ2n) is 6.59. The summed E-state index contributed by atoms with van der Waals surface area (Å²) in [5.41, 5.74) is 3.62. The Balaban J connectivity index is 1.73. The zero-order valence-corrected chi connectivity index (χ0v) is 14.8. The summed E-state index contributed by atoms with van der Waals surface area (Å²) in [5, 5.41) is 2.91. The van der Waals surface area contributed by atoms with Gasteiger partial charge in [0.25, 0.3) is 5.91 Å². The van der Waals surface area contributed by atoms with Gasteiger partial charge in [-0.05, 0) is 56.0 Å². The van der Waals surface area contributed by atoms with Crippen molar-refractivity contribution in [1.29, 1.82) is 0 Å². The normalized spacial score (nSPS) is 13.4. The highest BCUT2D eigenvalue weighted by Crippen LogP contribution is 2.30. The van der Waals surface area contributed by atoms with Crippen molar-refractivity contribution in [3.63, 3.8) is 0 Å². The molecule has 0 heterocycles. The van der Waals surface area contributed by atoms with E-state index in [1.807, 2.05) is 36.1 Å². The number of carbonyl (C=O) groups is 2. The topological polar surface area (TPSA) is 49.4 Å². The molecule has 1 fully saturated rings. The second-order valence-corrected chi connectivity index (χ2v) is 6.59. The summed E-state index contributed by atoms with van der Waals surface area (Å²) in [7, 11) is 0. The number of nitrogens with one attached hydrogen (secondary N) is 1. The Morgan fingerprint density at radius 2 is 1.88 bits per heavy atom. The van der Waals surface area contributed by atoms with Gasteiger partial charge in [0, 0.05) is 30.3 Å². The van der Waals surface area contributed by atoms with E-state index in [4.69, 9.17) is 0 Å². The van der Waals surface area contributed by atoms with Gasteiger partial charge in [-0.2, -0.15) is 0 Å². The average Bonchev–Trinajstić information content (AvgIpc) is 3.46. The van der Waals surface area contributed by atoms with Gasteiger partial charge in [0.1, 0.15) is 0 Å². The van der Waals surface area contributed by atoms with Crippen LogP contribution < -0.4 is 5.32 Å². The van der Waals surface area contributed by atoms with Crippen LogP contribution in [-0.2, 0) is 11.3 Å². The number of hydrogen-bond donors (Lipinski definition) is 1. The molecule has 0 atom stereocenters. The molecule has 1 aliphatic rings. The third-order valence-corrected chi connectivity index (χ3v) is 4.62. The van der Waals surface area contributed by atoms with Crippen LogP contribution in [0.3, 0.4) is 0 Å². The highest BCUT2D eigenvalue weighted by molar-refractivity contribution is 5.98. The third kappa shape index (κ3) is 4.27. The van der Waals surface area contributed by atoms with Crippen LogP contribution in [0.4, 0.5) is 5.69 Å². The predicted octanol–water partition coefficient (Wildman–Crippen LogP) is 4.01. The van der Waals surface area contributed by atoms with E-state index in [0.29, 0.717) is 24.3 Å². The molecule has 4 heteroatoms. The first kappa shape index (κ1) is 17.2. The zero-order valence-electron chi connectivity index (χ0n) is 14.8. The molecule has 25 heavy (non-hydrogen) atoms. The van der Waals surface area contributed by atoms with Gasteiger partial charge in [-0.15, -0.1) is 0 Å². The Kier molecular flexibility index (Phi) is 5.17. The number of aryl methyl sites for hydroxylation is 1. The lowest BCUT2D eigenvalue weighted by Gasteiger charge is -2.22. The summed E-state index contributed by atoms with van der Waals surface area (Å²) >= 11 is 0. The van der Waals surface area contributed by atoms with Crippen molar-refractivity contribution in [2.45, 2.75) is 33.2 Å². The van der Waals surface area contributed by atoms with E-state index in [9.17, 15) is 9.59 Å². The first-order valence-corrected chi connectivity index (χ1v) is 8.83. The molecule has 130 valence electrons. The van der Waals surface area contributed by atoms with E-state index < -0.39 is 0 Å². The number of hydrogen-bond acceptors (Lipinski definition) is 2. The molecule has 1 saturated carbocycles. The molecule has 0 spiro atoms. The standard InChI is InChI=1S/C21H24N2O2/c1-3-23(14-18-8-5-4-7-15(18)2)21(25)17-9-6-10-19(13-17)22-20(24)16-11-12-16/h4-10,13,16H,3,11-12,14H2,1-2H3,(H,22,24). The Morgan fingerprint density at radius 3 is 2.56 bits per heavy atom. The van der Waals surface area contributed by atoms with Crippen LogP contribution in [0.15, 0.2) is 48.5 Å². The maximum absolute atomic E-state index is 12.9. The Morgan fingerprint density at radius 1 is 1.12 bits per heavy atom. The largest absolute Gasteiger partial charge is 0.335 e. The van der Waals surface area contributed by atoms with Gasteiger partial charge < -0.3 is 10.2 Å². The fourth-order valence-corrected chi connectivity index (χ4v) is 2.82. The minimum absolute atomic E-state index is 0.0201. The molecular formula is C21H24N2O2. The SMILES string of the molecule is CCN(Cc1ccccc1C)C(=O)c1cccc(NC(=O)C2CC2)c1. The van der Waals surface area contributed by atoms with Crippen LogP contribution in [0.2, 0.25) is 0 Å². The number of anilines is 1. The third-order valence-electron chi connectivity index (χ3n) is 4.62. The number of carbonyl (C=O) groups excluding carboxylic acids is 2. The lowest BCUT2D eigenvalue weighted by Crippen LogP contribution is -2.30. The van der Waals surface area contributed by atoms with E-state index >= 15 is 0 Å². The highest BCUT2D eigenvalue weighted by Gasteiger charge is 2.29. The zero-order chi connectivity index (χ0) is 17.8. The van der Waals surface area contributed by atoms with Crippen molar-refractivity contribution < 1.29 is 9.59 Å². The van der Waals surface area contributed by atoms with Gasteiger partial charge >= 0.3 is 0 Å². The smallest absolute Gasteiger partial charge is 0.254 e. The lowest BCUT2D eigenvalue weighted by atomic mass is 10.1. The van der Waals surface area contributed by atoms with Gasteiger partial charge in [-0.1, -0.05) is 30.3 Å². The van der Waals surface area contributed by atoms with E-state index in [2.05, 4.69) is 24.4 Å². The summed E-state index contributed by atoms with van der Waals surface area (Å²) < 4.78 is 0. The first-order valence-electron chi connectivity index (χ1n) is 8.83. The van der Waals surface area contributed by atoms with Crippen molar-refractivity contribution in [2.24, 2.45) is 5.92 Å². The molecule has 1 N–H and O–H groups in total. The average molecular weight is 336 g/mol. The predicted molar refractivity (Wildman–Crippen MR) is 99.4 cm³/mol. The van der Waals surface area contributed by atoms with Crippen molar-refractivity contribution >= 4 is 17.5 Å². The summed E-state index contributed by atoms with van der Waals surface area (Å²) in [6.45, 7) is 5.25. The molecule has 0 bridgehead atoms. The fourth-order valence-electron chi connectivity index (χ4n) is 2.82. The molecule has 0 aliphatic heterocycles. The molecule has 0 radical (unpaired) electrons. The maximum atomic E-state index is 12.9. The van der Waals surface area contributed by atoms with E-state index in [1.54, 1.807) is 12.1 Å². The van der Waals surface area contributed by atoms with Crippen molar-refractivity contribution in [3.8, 4) is 0 Å². The van der Waals surface area contributed by atoms with E-state index in [0.717, 1.165) is 18.4 Å². The summed E-state index contributed by atoms with van der Waals surface area (Å²) in [4.78, 5) is 26.6. The molecular weight excluding hydrogens is 312 g/mol. The van der Waals surface area contributed by atoms with Crippen molar-refractivity contribution in [1.82, 2.24) is 4.90 Å². The maximum Gasteiger partial charge on any atom is 0.254 e. The quantitative estimate of drug-likeness (QED) is 0.866. The molecule has 2 aromatic rings. The Labute approximate surface area is 148 Å². The number of rotatable bonds is 6. The Hall–Kier alpha value is -2.62. The molecule has 1 aliphatic carbocycles. The summed E-state index contributed by atoms with van der Waals surface area (Å²) in [5.74, 6) is 0.178. The van der Waals surface area contributed by atoms with Crippen LogP contribution in [0.25, 0.3) is 0 Å². The van der Waals surface area contributed by atoms with Crippen LogP contribution in [0, 0.1) is 12.8 Å². The molecule has 2 aromatic carbocycles. The van der Waals surface area contributed by atoms with Gasteiger partial charge in [0.15, 0.2) is 0 Å². The van der Waals surface area contributed by atoms with E-state index in [1.165, 1.54) is 5.56 Å². The second kappa shape index (κ2) is 7.51. The lowest BCUT2D eigenvalue weighted by molar-refractivity contribution is -0.117. The van der Waals surface area contributed by atoms with Crippen LogP contribution in [0.1, 0.15) is 41.3 Å². The monoisotopic (exact) mass is 336 g/mol. The summed E-state index contributed by atoms with van der Waals surface area (Å²) in [6, 6.07) is 15.3. The molecule has 3 rings (SSSR count). The number of amides is 2. The number of benzene rings is 2. The van der Waals surface area contributed by atoms with Gasteiger partial charge in [0.05, 0.1) is 0 Å². The van der Waals surface area contributed by atoms with Crippen molar-refractivity contribution in [2.75, 3.05) is 11.9 Å². The van der Waals surface area contributed by atoms with Crippen molar-refractivity contribution in [3.05, 3.63) is 65.2 Å². The summed E-state index contributed by atoms with van der Waals surface area (Å²) in [6.07, 6.45) is 1.93. The Bertz CT molecular complexity index is 781. The minimum atomic E-state index is -0.0201. The highest BCUT2D eigenvalue weighted by atomic mass is 16.2. The molecule has 4 nitrogen and oxygen atoms in total. The first-order chi connectivity index (χ1) is 12.1. The van der Waals surface area contributed by atoms with E-state index in [-0.39, 0.29) is 17.7 Å². The molecule has 2 amide bonds. The van der Waals surface area contributed by atoms with Gasteiger partial charge in [-0.3, -0.25) is 9.59 Å². The molecule has 0 unspecified atom stereocenters. The molecule has 0 saturated heterocycles. The fraction of sp³-hybridized carbons (Fsp3) is 0.333. The molecule has 0 aromatic heterocycles. The van der Waals surface area contributed by atoms with Crippen LogP contribution >= 0.6 is 0 Å². The number of nitrogens with zero attached hydrogens (tertiary/aromatic N) is 1. The van der Waals surface area contributed by atoms with Crippen LogP contribution in [-0.4, -0.2) is 23.3 Å².